The summed E-state index contributed by atoms with van der Waals surface area (Å²) < 4.78 is 0. The highest BCUT2D eigenvalue weighted by Crippen LogP contribution is 2.37. The van der Waals surface area contributed by atoms with Gasteiger partial charge in [0, 0.05) is 16.8 Å². The number of nitrogens with zero attached hydrogens (tertiary/aromatic N) is 1. The summed E-state index contributed by atoms with van der Waals surface area (Å²) in [6.45, 7) is 1.98. The Hall–Kier alpha value is -2.09. The molecule has 1 aliphatic heterocycles. The molecule has 78 valence electrons. The highest BCUT2D eigenvalue weighted by Gasteiger charge is 2.12. The van der Waals surface area contributed by atoms with Gasteiger partial charge in [0.05, 0.1) is 5.69 Å². The van der Waals surface area contributed by atoms with Gasteiger partial charge in [-0.15, -0.1) is 0 Å². The summed E-state index contributed by atoms with van der Waals surface area (Å²) in [5.41, 5.74) is 4.53. The maximum absolute atomic E-state index is 4.56. The van der Waals surface area contributed by atoms with Crippen LogP contribution in [0.4, 0.5) is 11.4 Å². The Balaban J connectivity index is 2.34. The molecule has 0 saturated carbocycles. The van der Waals surface area contributed by atoms with Gasteiger partial charge < -0.3 is 5.32 Å². The van der Waals surface area contributed by atoms with Gasteiger partial charge >= 0.3 is 0 Å². The van der Waals surface area contributed by atoms with Crippen molar-refractivity contribution in [3.8, 4) is 11.1 Å². The molecule has 0 amide bonds. The molecule has 1 heterocycles. The number of rotatable bonds is 0. The number of hydrogen-bond acceptors (Lipinski definition) is 2. The molecule has 0 radical (unpaired) electrons. The van der Waals surface area contributed by atoms with Crippen LogP contribution in [0.5, 0.6) is 0 Å². The van der Waals surface area contributed by atoms with Crippen LogP contribution < -0.4 is 5.32 Å². The summed E-state index contributed by atoms with van der Waals surface area (Å²) in [5, 5.41) is 3.32. The summed E-state index contributed by atoms with van der Waals surface area (Å²) in [7, 11) is 0. The molecule has 0 atom stereocenters. The smallest absolute Gasteiger partial charge is 0.103 e. The van der Waals surface area contributed by atoms with Gasteiger partial charge in [-0.2, -0.15) is 0 Å². The fourth-order valence-electron chi connectivity index (χ4n) is 2.03. The van der Waals surface area contributed by atoms with Gasteiger partial charge in [0.15, 0.2) is 0 Å². The van der Waals surface area contributed by atoms with E-state index < -0.39 is 0 Å². The number of anilines is 1. The van der Waals surface area contributed by atoms with E-state index in [1.165, 1.54) is 11.1 Å². The number of nitrogens with one attached hydrogen (secondary N) is 1. The van der Waals surface area contributed by atoms with Crippen LogP contribution in [0, 0.1) is 0 Å². The third kappa shape index (κ3) is 1.39. The lowest BCUT2D eigenvalue weighted by molar-refractivity contribution is 1.50. The van der Waals surface area contributed by atoms with E-state index >= 15 is 0 Å². The van der Waals surface area contributed by atoms with E-state index in [2.05, 4.69) is 34.6 Å². The minimum Gasteiger partial charge on any atom is -0.343 e. The van der Waals surface area contributed by atoms with Crippen LogP contribution in [0.15, 0.2) is 53.5 Å². The average molecular weight is 208 g/mol. The lowest BCUT2D eigenvalue weighted by Crippen LogP contribution is -2.05. The van der Waals surface area contributed by atoms with Crippen LogP contribution >= 0.6 is 0 Å². The first-order chi connectivity index (χ1) is 7.84. The van der Waals surface area contributed by atoms with Crippen LogP contribution in [-0.4, -0.2) is 5.84 Å². The lowest BCUT2D eigenvalue weighted by atomic mass is 10.0. The van der Waals surface area contributed by atoms with Crippen molar-refractivity contribution >= 4 is 17.2 Å². The van der Waals surface area contributed by atoms with Gasteiger partial charge in [0.2, 0.25) is 0 Å². The second-order valence-corrected chi connectivity index (χ2v) is 3.88. The number of benzene rings is 2. The van der Waals surface area contributed by atoms with Crippen molar-refractivity contribution < 1.29 is 0 Å². The maximum atomic E-state index is 4.56. The molecule has 0 fully saturated rings. The SMILES string of the molecule is CC1=Nc2ccccc2-c2ccccc2N1. The van der Waals surface area contributed by atoms with Crippen LogP contribution in [0.25, 0.3) is 11.1 Å². The number of amidine groups is 1. The number of para-hydroxylation sites is 2. The molecule has 1 N–H and O–H groups in total. The third-order valence-corrected chi connectivity index (χ3v) is 2.73. The predicted octanol–water partition coefficient (Wildman–Crippen LogP) is 3.83. The zero-order chi connectivity index (χ0) is 11.0. The van der Waals surface area contributed by atoms with Crippen molar-refractivity contribution in [3.05, 3.63) is 48.5 Å². The van der Waals surface area contributed by atoms with E-state index in [9.17, 15) is 0 Å². The Morgan fingerprint density at radius 1 is 0.875 bits per heavy atom. The van der Waals surface area contributed by atoms with Crippen LogP contribution in [0.1, 0.15) is 6.92 Å². The first-order valence-electron chi connectivity index (χ1n) is 5.35. The standard InChI is InChI=1S/C14H12N2/c1-10-15-13-8-4-2-6-11(13)12-7-3-5-9-14(12)16-10/h2-9H,1H3,(H,15,16). The van der Waals surface area contributed by atoms with E-state index in [1.54, 1.807) is 0 Å². The molecule has 1 aliphatic rings. The van der Waals surface area contributed by atoms with Gasteiger partial charge in [-0.25, -0.2) is 4.99 Å². The van der Waals surface area contributed by atoms with Crippen molar-refractivity contribution in [1.29, 1.82) is 0 Å². The Morgan fingerprint density at radius 3 is 2.44 bits per heavy atom. The van der Waals surface area contributed by atoms with Crippen molar-refractivity contribution in [2.24, 2.45) is 4.99 Å². The van der Waals surface area contributed by atoms with Crippen LogP contribution in [-0.2, 0) is 0 Å². The zero-order valence-corrected chi connectivity index (χ0v) is 9.07. The summed E-state index contributed by atoms with van der Waals surface area (Å²) in [5.74, 6) is 0.928. The molecule has 2 aromatic rings. The molecule has 0 aliphatic carbocycles. The molecular weight excluding hydrogens is 196 g/mol. The second-order valence-electron chi connectivity index (χ2n) is 3.88. The molecule has 0 unspecified atom stereocenters. The Labute approximate surface area is 94.7 Å². The molecular formula is C14H12N2. The highest BCUT2D eigenvalue weighted by atomic mass is 15.0. The number of fused-ring (bicyclic) bond motifs is 3. The molecule has 0 aromatic heterocycles. The maximum Gasteiger partial charge on any atom is 0.103 e. The highest BCUT2D eigenvalue weighted by molar-refractivity contribution is 6.03. The van der Waals surface area contributed by atoms with Crippen molar-refractivity contribution in [2.45, 2.75) is 6.92 Å². The molecule has 0 saturated heterocycles. The molecule has 2 nitrogen and oxygen atoms in total. The quantitative estimate of drug-likeness (QED) is 0.699. The molecule has 2 aromatic carbocycles. The second kappa shape index (κ2) is 3.49. The van der Waals surface area contributed by atoms with Gasteiger partial charge in [-0.1, -0.05) is 36.4 Å². The first-order valence-corrected chi connectivity index (χ1v) is 5.35. The molecule has 16 heavy (non-hydrogen) atoms. The van der Waals surface area contributed by atoms with Gasteiger partial charge in [0.25, 0.3) is 0 Å². The third-order valence-electron chi connectivity index (χ3n) is 2.73. The molecule has 0 bridgehead atoms. The van der Waals surface area contributed by atoms with E-state index in [0.29, 0.717) is 0 Å². The van der Waals surface area contributed by atoms with E-state index in [0.717, 1.165) is 17.2 Å². The van der Waals surface area contributed by atoms with Crippen molar-refractivity contribution in [3.63, 3.8) is 0 Å². The minimum absolute atomic E-state index is 0.928. The Bertz CT molecular complexity index is 570. The normalized spacial score (nSPS) is 12.9. The summed E-state index contributed by atoms with van der Waals surface area (Å²) in [4.78, 5) is 4.56. The van der Waals surface area contributed by atoms with Crippen molar-refractivity contribution in [1.82, 2.24) is 0 Å². The molecule has 3 rings (SSSR count). The summed E-state index contributed by atoms with van der Waals surface area (Å²) in [6, 6.07) is 16.5. The van der Waals surface area contributed by atoms with E-state index in [4.69, 9.17) is 0 Å². The van der Waals surface area contributed by atoms with Crippen molar-refractivity contribution in [2.75, 3.05) is 5.32 Å². The lowest BCUT2D eigenvalue weighted by Gasteiger charge is -2.08. The van der Waals surface area contributed by atoms with Gasteiger partial charge in [-0.3, -0.25) is 0 Å². The Kier molecular flexibility index (Phi) is 2.00. The topological polar surface area (TPSA) is 24.4 Å². The average Bonchev–Trinajstić information content (AvgIpc) is 2.44. The monoisotopic (exact) mass is 208 g/mol. The van der Waals surface area contributed by atoms with E-state index in [-0.39, 0.29) is 0 Å². The van der Waals surface area contributed by atoms with E-state index in [1.807, 2.05) is 31.2 Å². The number of aliphatic imine (C=N–C) groups is 1. The fraction of sp³-hybridized carbons (Fsp3) is 0.0714. The largest absolute Gasteiger partial charge is 0.343 e. The first kappa shape index (κ1) is 9.16. The van der Waals surface area contributed by atoms with Gasteiger partial charge in [-0.05, 0) is 19.1 Å². The summed E-state index contributed by atoms with van der Waals surface area (Å²) in [6.07, 6.45) is 0. The van der Waals surface area contributed by atoms with Gasteiger partial charge in [0.1, 0.15) is 5.84 Å². The van der Waals surface area contributed by atoms with Crippen LogP contribution in [0.2, 0.25) is 0 Å². The molecule has 0 spiro atoms. The predicted molar refractivity (Wildman–Crippen MR) is 68.3 cm³/mol. The molecule has 2 heteroatoms. The fourth-order valence-corrected chi connectivity index (χ4v) is 2.03. The zero-order valence-electron chi connectivity index (χ0n) is 9.07. The van der Waals surface area contributed by atoms with Crippen LogP contribution in [0.3, 0.4) is 0 Å². The summed E-state index contributed by atoms with van der Waals surface area (Å²) >= 11 is 0. The number of hydrogen-bond donors (Lipinski definition) is 1. The Morgan fingerprint density at radius 2 is 1.56 bits per heavy atom. The minimum atomic E-state index is 0.928.